The van der Waals surface area contributed by atoms with Crippen LogP contribution >= 0.6 is 0 Å². The monoisotopic (exact) mass is 405 g/mol. The van der Waals surface area contributed by atoms with Gasteiger partial charge in [-0.25, -0.2) is 19.2 Å². The molecule has 8 nitrogen and oxygen atoms in total. The van der Waals surface area contributed by atoms with Gasteiger partial charge in [0.05, 0.1) is 5.69 Å². The Morgan fingerprint density at radius 2 is 1.77 bits per heavy atom. The van der Waals surface area contributed by atoms with Gasteiger partial charge in [-0.05, 0) is 12.1 Å². The van der Waals surface area contributed by atoms with E-state index in [0.717, 1.165) is 10.1 Å². The van der Waals surface area contributed by atoms with Gasteiger partial charge >= 0.3 is 5.69 Å². The van der Waals surface area contributed by atoms with Crippen LogP contribution in [0.1, 0.15) is 0 Å². The molecule has 2 aromatic heterocycles. The third kappa shape index (κ3) is 3.48. The number of halogens is 1. The molecule has 0 fully saturated rings. The highest BCUT2D eigenvalue weighted by Crippen LogP contribution is 2.16. The summed E-state index contributed by atoms with van der Waals surface area (Å²) in [4.78, 5) is 46.4. The van der Waals surface area contributed by atoms with Gasteiger partial charge in [0.1, 0.15) is 17.7 Å². The number of nitrogens with zero attached hydrogens (tertiary/aromatic N) is 4. The number of aromatic nitrogens is 4. The zero-order chi connectivity index (χ0) is 21.3. The minimum atomic E-state index is -0.714. The maximum atomic E-state index is 13.7. The van der Waals surface area contributed by atoms with E-state index in [0.29, 0.717) is 5.82 Å². The number of nitrogens with one attached hydrogen (secondary N) is 1. The van der Waals surface area contributed by atoms with Crippen molar-refractivity contribution in [1.29, 1.82) is 0 Å². The highest BCUT2D eigenvalue weighted by Gasteiger charge is 2.17. The maximum Gasteiger partial charge on any atom is 0.332 e. The van der Waals surface area contributed by atoms with E-state index in [4.69, 9.17) is 0 Å². The van der Waals surface area contributed by atoms with Gasteiger partial charge < -0.3 is 5.32 Å². The lowest BCUT2D eigenvalue weighted by atomic mass is 10.2. The highest BCUT2D eigenvalue weighted by atomic mass is 19.1. The molecule has 0 unspecified atom stereocenters. The van der Waals surface area contributed by atoms with Crippen LogP contribution in [0.5, 0.6) is 0 Å². The molecule has 0 saturated carbocycles. The number of fused-ring (bicyclic) bond motifs is 1. The first kappa shape index (κ1) is 19.2. The van der Waals surface area contributed by atoms with E-state index >= 15 is 0 Å². The quantitative estimate of drug-likeness (QED) is 0.559. The van der Waals surface area contributed by atoms with E-state index < -0.39 is 29.5 Å². The molecule has 1 amide bonds. The number of aryl methyl sites for hydroxylation is 1. The van der Waals surface area contributed by atoms with Gasteiger partial charge in [-0.3, -0.25) is 18.7 Å². The molecule has 0 aliphatic heterocycles. The summed E-state index contributed by atoms with van der Waals surface area (Å²) in [5.74, 6) is -0.959. The van der Waals surface area contributed by atoms with Crippen LogP contribution in [0.2, 0.25) is 0 Å². The van der Waals surface area contributed by atoms with E-state index in [2.05, 4.69) is 15.3 Å². The second-order valence-corrected chi connectivity index (χ2v) is 6.56. The van der Waals surface area contributed by atoms with Gasteiger partial charge in [0.2, 0.25) is 5.91 Å². The molecule has 2 heterocycles. The number of hydrogen-bond acceptors (Lipinski definition) is 5. The summed E-state index contributed by atoms with van der Waals surface area (Å²) < 4.78 is 15.7. The molecule has 0 aliphatic carbocycles. The van der Waals surface area contributed by atoms with Crippen LogP contribution < -0.4 is 16.6 Å². The Morgan fingerprint density at radius 3 is 2.50 bits per heavy atom. The van der Waals surface area contributed by atoms with Crippen molar-refractivity contribution in [3.05, 3.63) is 87.4 Å². The predicted octanol–water partition coefficient (Wildman–Crippen LogP) is 1.93. The molecule has 4 aromatic rings. The minimum Gasteiger partial charge on any atom is -0.322 e. The van der Waals surface area contributed by atoms with Crippen LogP contribution in [0, 0.1) is 5.82 Å². The van der Waals surface area contributed by atoms with Crippen molar-refractivity contribution in [2.75, 3.05) is 5.32 Å². The van der Waals surface area contributed by atoms with Crippen molar-refractivity contribution < 1.29 is 9.18 Å². The molecular formula is C21H16FN5O3. The lowest BCUT2D eigenvalue weighted by Gasteiger charge is -2.11. The van der Waals surface area contributed by atoms with Crippen LogP contribution in [0.4, 0.5) is 10.1 Å². The third-order valence-electron chi connectivity index (χ3n) is 4.56. The number of hydrogen-bond donors (Lipinski definition) is 1. The first-order valence-corrected chi connectivity index (χ1v) is 9.02. The van der Waals surface area contributed by atoms with Gasteiger partial charge in [0, 0.05) is 18.8 Å². The second-order valence-electron chi connectivity index (χ2n) is 6.56. The summed E-state index contributed by atoms with van der Waals surface area (Å²) >= 11 is 0. The standard InChI is InChI=1S/C21H16FN5O3/c1-26-19-14(11-23-18(25-19)13-7-3-2-4-8-13)20(29)27(21(26)30)12-17(28)24-16-10-6-5-9-15(16)22/h2-11H,12H2,1H3,(H,24,28). The Hall–Kier alpha value is -4.14. The second kappa shape index (κ2) is 7.70. The Kier molecular flexibility index (Phi) is 4.93. The Labute approximate surface area is 169 Å². The molecule has 0 saturated heterocycles. The predicted molar refractivity (Wildman–Crippen MR) is 110 cm³/mol. The van der Waals surface area contributed by atoms with Crippen LogP contribution in [0.3, 0.4) is 0 Å². The molecule has 0 aliphatic rings. The Balaban J connectivity index is 1.73. The molecule has 30 heavy (non-hydrogen) atoms. The summed E-state index contributed by atoms with van der Waals surface area (Å²) in [5, 5.41) is 2.45. The molecular weight excluding hydrogens is 389 g/mol. The van der Waals surface area contributed by atoms with Crippen molar-refractivity contribution in [2.45, 2.75) is 6.54 Å². The number of carbonyl (C=O) groups excluding carboxylic acids is 1. The summed E-state index contributed by atoms with van der Waals surface area (Å²) in [5.41, 5.74) is -0.556. The van der Waals surface area contributed by atoms with Gasteiger partial charge in [0.25, 0.3) is 5.56 Å². The molecule has 0 radical (unpaired) electrons. The van der Waals surface area contributed by atoms with E-state index in [1.54, 1.807) is 6.07 Å². The van der Waals surface area contributed by atoms with Gasteiger partial charge in [-0.1, -0.05) is 42.5 Å². The normalized spacial score (nSPS) is 10.9. The zero-order valence-electron chi connectivity index (χ0n) is 15.9. The molecule has 0 atom stereocenters. The van der Waals surface area contributed by atoms with Crippen molar-refractivity contribution >= 4 is 22.6 Å². The summed E-state index contributed by atoms with van der Waals surface area (Å²) in [6, 6.07) is 14.8. The number of amides is 1. The summed E-state index contributed by atoms with van der Waals surface area (Å²) in [7, 11) is 1.46. The Bertz CT molecular complexity index is 1380. The van der Waals surface area contributed by atoms with Crippen molar-refractivity contribution in [3.8, 4) is 11.4 Å². The minimum absolute atomic E-state index is 0.0380. The maximum absolute atomic E-state index is 13.7. The topological polar surface area (TPSA) is 98.9 Å². The van der Waals surface area contributed by atoms with E-state index in [-0.39, 0.29) is 16.7 Å². The first-order chi connectivity index (χ1) is 14.5. The zero-order valence-corrected chi connectivity index (χ0v) is 15.9. The largest absolute Gasteiger partial charge is 0.332 e. The van der Waals surface area contributed by atoms with Crippen molar-refractivity contribution in [3.63, 3.8) is 0 Å². The molecule has 9 heteroatoms. The highest BCUT2D eigenvalue weighted by molar-refractivity contribution is 5.90. The van der Waals surface area contributed by atoms with Crippen LogP contribution in [0.15, 0.2) is 70.4 Å². The fourth-order valence-electron chi connectivity index (χ4n) is 3.04. The number of benzene rings is 2. The van der Waals surface area contributed by atoms with Crippen LogP contribution in [0.25, 0.3) is 22.4 Å². The molecule has 0 bridgehead atoms. The average molecular weight is 405 g/mol. The number of carbonyl (C=O) groups is 1. The molecule has 2 aromatic carbocycles. The van der Waals surface area contributed by atoms with Crippen LogP contribution in [-0.2, 0) is 18.4 Å². The van der Waals surface area contributed by atoms with Gasteiger partial charge in [0.15, 0.2) is 11.5 Å². The summed E-state index contributed by atoms with van der Waals surface area (Å²) in [6.07, 6.45) is 1.33. The van der Waals surface area contributed by atoms with E-state index in [1.165, 1.54) is 36.0 Å². The molecule has 1 N–H and O–H groups in total. The molecule has 4 rings (SSSR count). The van der Waals surface area contributed by atoms with Gasteiger partial charge in [-0.2, -0.15) is 0 Å². The Morgan fingerprint density at radius 1 is 1.07 bits per heavy atom. The first-order valence-electron chi connectivity index (χ1n) is 9.02. The molecule has 0 spiro atoms. The van der Waals surface area contributed by atoms with E-state index in [1.807, 2.05) is 30.3 Å². The lowest BCUT2D eigenvalue weighted by Crippen LogP contribution is -2.42. The SMILES string of the molecule is Cn1c(=O)n(CC(=O)Nc2ccccc2F)c(=O)c2cnc(-c3ccccc3)nc21. The van der Waals surface area contributed by atoms with Crippen molar-refractivity contribution in [2.24, 2.45) is 7.05 Å². The smallest absolute Gasteiger partial charge is 0.322 e. The van der Waals surface area contributed by atoms with Crippen LogP contribution in [-0.4, -0.2) is 25.0 Å². The van der Waals surface area contributed by atoms with E-state index in [9.17, 15) is 18.8 Å². The fourth-order valence-corrected chi connectivity index (χ4v) is 3.04. The number of para-hydroxylation sites is 1. The fraction of sp³-hybridized carbons (Fsp3) is 0.0952. The van der Waals surface area contributed by atoms with Crippen molar-refractivity contribution in [1.82, 2.24) is 19.1 Å². The number of rotatable bonds is 4. The lowest BCUT2D eigenvalue weighted by molar-refractivity contribution is -0.116. The number of anilines is 1. The summed E-state index contributed by atoms with van der Waals surface area (Å²) in [6.45, 7) is -0.573. The molecule has 150 valence electrons. The third-order valence-corrected chi connectivity index (χ3v) is 4.56. The van der Waals surface area contributed by atoms with Gasteiger partial charge in [-0.15, -0.1) is 0 Å². The average Bonchev–Trinajstić information content (AvgIpc) is 2.77.